The lowest BCUT2D eigenvalue weighted by Crippen LogP contribution is -2.10. The summed E-state index contributed by atoms with van der Waals surface area (Å²) in [5, 5.41) is 0. The van der Waals surface area contributed by atoms with Gasteiger partial charge in [-0.2, -0.15) is 0 Å². The average Bonchev–Trinajstić information content (AvgIpc) is 3.42. The summed E-state index contributed by atoms with van der Waals surface area (Å²) in [4.78, 5) is 0. The van der Waals surface area contributed by atoms with Gasteiger partial charge in [0.15, 0.2) is 0 Å². The van der Waals surface area contributed by atoms with E-state index in [1.165, 1.54) is 63.8 Å². The number of rotatable bonds is 5. The lowest BCUT2D eigenvalue weighted by Gasteiger charge is -2.20. The molecule has 0 radical (unpaired) electrons. The summed E-state index contributed by atoms with van der Waals surface area (Å²) in [6, 6.07) is 33.1. The zero-order valence-electron chi connectivity index (χ0n) is 26.8. The molecule has 0 amide bonds. The van der Waals surface area contributed by atoms with E-state index in [1.54, 1.807) is 11.1 Å². The Balaban J connectivity index is 0.000000479. The maximum atomic E-state index is 4.55. The van der Waals surface area contributed by atoms with Crippen molar-refractivity contribution in [3.8, 4) is 11.1 Å². The first-order chi connectivity index (χ1) is 20.2. The Morgan fingerprint density at radius 3 is 1.95 bits per heavy atom. The minimum absolute atomic E-state index is 0.169. The van der Waals surface area contributed by atoms with Gasteiger partial charge in [0, 0.05) is 0 Å². The van der Waals surface area contributed by atoms with Crippen LogP contribution in [0.25, 0.3) is 16.7 Å². The lowest BCUT2D eigenvalue weighted by atomic mass is 9.84. The van der Waals surface area contributed by atoms with Gasteiger partial charge < -0.3 is 0 Å². The molecule has 1 heteroatoms. The molecule has 0 saturated carbocycles. The minimum Gasteiger partial charge on any atom is -0.106 e. The second-order valence-corrected chi connectivity index (χ2v) is 12.0. The average molecular weight is 575 g/mol. The van der Waals surface area contributed by atoms with Crippen LogP contribution < -0.4 is 0 Å². The highest BCUT2D eigenvalue weighted by atomic mass is 32.1. The molecule has 4 aromatic carbocycles. The van der Waals surface area contributed by atoms with Gasteiger partial charge in [-0.25, -0.2) is 0 Å². The molecule has 0 aliphatic heterocycles. The molecule has 0 saturated heterocycles. The van der Waals surface area contributed by atoms with Crippen molar-refractivity contribution in [3.05, 3.63) is 150 Å². The predicted octanol–water partition coefficient (Wildman–Crippen LogP) is 11.8. The monoisotopic (exact) mass is 574 g/mol. The Kier molecular flexibility index (Phi) is 13.8. The molecule has 0 N–H and O–H groups in total. The van der Waals surface area contributed by atoms with E-state index in [1.807, 2.05) is 18.2 Å². The third-order valence-electron chi connectivity index (χ3n) is 7.91. The maximum absolute atomic E-state index is 4.55. The van der Waals surface area contributed by atoms with E-state index in [0.717, 1.165) is 12.3 Å². The Bertz CT molecular complexity index is 1400. The number of benzene rings is 4. The quantitative estimate of drug-likeness (QED) is 0.169. The topological polar surface area (TPSA) is 0 Å². The van der Waals surface area contributed by atoms with Gasteiger partial charge in [0.1, 0.15) is 0 Å². The predicted molar refractivity (Wildman–Crippen MR) is 193 cm³/mol. The molecular weight excluding hydrogens is 525 g/mol. The van der Waals surface area contributed by atoms with Crippen molar-refractivity contribution < 1.29 is 0 Å². The van der Waals surface area contributed by atoms with Crippen molar-refractivity contribution in [1.29, 1.82) is 0 Å². The Hall–Kier alpha value is -3.55. The molecule has 0 bridgehead atoms. The van der Waals surface area contributed by atoms with Crippen LogP contribution in [0.3, 0.4) is 0 Å². The van der Waals surface area contributed by atoms with Crippen LogP contribution >= 0.6 is 12.2 Å². The molecule has 1 aliphatic carbocycles. The smallest absolute Gasteiger partial charge is 0.00253 e. The van der Waals surface area contributed by atoms with Crippen LogP contribution in [0.15, 0.2) is 111 Å². The fraction of sp³-hybridized carbons (Fsp3) is 0.293. The maximum Gasteiger partial charge on any atom is -0.00253 e. The van der Waals surface area contributed by atoms with Gasteiger partial charge in [-0.1, -0.05) is 149 Å². The molecule has 1 aliphatic rings. The highest BCUT2D eigenvalue weighted by molar-refractivity contribution is 7.77. The highest BCUT2D eigenvalue weighted by Crippen LogP contribution is 2.35. The first kappa shape index (κ1) is 34.7. The van der Waals surface area contributed by atoms with Gasteiger partial charge in [0.2, 0.25) is 0 Å². The van der Waals surface area contributed by atoms with E-state index in [4.69, 9.17) is 0 Å². The minimum atomic E-state index is 0.169. The molecule has 5 rings (SSSR count). The fourth-order valence-corrected chi connectivity index (χ4v) is 5.56. The largest absolute Gasteiger partial charge is 0.106 e. The summed E-state index contributed by atoms with van der Waals surface area (Å²) in [6.07, 6.45) is 4.67. The summed E-state index contributed by atoms with van der Waals surface area (Å²) in [6.45, 7) is 24.0. The SMILES string of the molecule is C=C.C=C(Cc1ccc2c(c1)CC(CC)C2)c1c(C)cccc1-c1ccc(C(C)(C)C)cc1.C=S.Cc1ccccc1. The van der Waals surface area contributed by atoms with Crippen LogP contribution in [0.4, 0.5) is 0 Å². The molecule has 0 fully saturated rings. The first-order valence-electron chi connectivity index (χ1n) is 15.0. The molecule has 4 aromatic rings. The van der Waals surface area contributed by atoms with E-state index < -0.39 is 0 Å². The third-order valence-corrected chi connectivity index (χ3v) is 7.91. The van der Waals surface area contributed by atoms with Crippen molar-refractivity contribution in [1.82, 2.24) is 0 Å². The van der Waals surface area contributed by atoms with Crippen LogP contribution in [-0.2, 0) is 24.7 Å². The van der Waals surface area contributed by atoms with Crippen LogP contribution in [0.1, 0.15) is 73.1 Å². The molecule has 0 aromatic heterocycles. The zero-order chi connectivity index (χ0) is 31.3. The van der Waals surface area contributed by atoms with E-state index >= 15 is 0 Å². The second kappa shape index (κ2) is 16.8. The van der Waals surface area contributed by atoms with Crippen LogP contribution in [-0.4, -0.2) is 5.87 Å². The van der Waals surface area contributed by atoms with Crippen LogP contribution in [0.2, 0.25) is 0 Å². The van der Waals surface area contributed by atoms with E-state index in [2.05, 4.69) is 152 Å². The van der Waals surface area contributed by atoms with Crippen molar-refractivity contribution in [2.24, 2.45) is 5.92 Å². The van der Waals surface area contributed by atoms with Crippen LogP contribution in [0, 0.1) is 19.8 Å². The standard InChI is InChI=1S/C31H36.C7H8.C2H4.CH2S/c1-7-23-18-26-12-11-24(20-27(26)19-23)17-22(3)30-21(2)9-8-10-29(30)25-13-15-28(16-14-25)31(4,5)6;1-7-5-3-2-4-6-7;2*1-2/h8-16,20,23H,3,7,17-19H2,1-2,4-6H3;2-6H,1H3;1-2H2;1H2. The second-order valence-electron chi connectivity index (χ2n) is 12.0. The van der Waals surface area contributed by atoms with Crippen LogP contribution in [0.5, 0.6) is 0 Å². The molecular formula is C41H50S. The van der Waals surface area contributed by atoms with Crippen molar-refractivity contribution >= 4 is 23.7 Å². The number of thiocarbonyl (C=S) groups is 1. The Labute approximate surface area is 262 Å². The summed E-state index contributed by atoms with van der Waals surface area (Å²) in [7, 11) is 0. The van der Waals surface area contributed by atoms with E-state index in [9.17, 15) is 0 Å². The number of fused-ring (bicyclic) bond motifs is 1. The molecule has 42 heavy (non-hydrogen) atoms. The van der Waals surface area contributed by atoms with Crippen molar-refractivity contribution in [3.63, 3.8) is 0 Å². The van der Waals surface area contributed by atoms with Gasteiger partial charge in [0.05, 0.1) is 0 Å². The molecule has 220 valence electrons. The Morgan fingerprint density at radius 1 is 0.786 bits per heavy atom. The number of hydrogen-bond acceptors (Lipinski definition) is 1. The van der Waals surface area contributed by atoms with Crippen molar-refractivity contribution in [2.75, 3.05) is 0 Å². The molecule has 1 atom stereocenters. The summed E-state index contributed by atoms with van der Waals surface area (Å²) >= 11 is 3.83. The first-order valence-corrected chi connectivity index (χ1v) is 15.5. The van der Waals surface area contributed by atoms with Crippen molar-refractivity contribution in [2.45, 2.75) is 72.6 Å². The van der Waals surface area contributed by atoms with Gasteiger partial charge in [-0.15, -0.1) is 13.2 Å². The fourth-order valence-electron chi connectivity index (χ4n) is 5.56. The number of hydrogen-bond donors (Lipinski definition) is 0. The van der Waals surface area contributed by atoms with E-state index in [-0.39, 0.29) is 5.41 Å². The normalized spacial score (nSPS) is 13.2. The van der Waals surface area contributed by atoms with Gasteiger partial charge in [-0.05, 0) is 100 Å². The van der Waals surface area contributed by atoms with Gasteiger partial charge in [-0.3, -0.25) is 0 Å². The number of allylic oxidation sites excluding steroid dienone is 1. The molecule has 0 nitrogen and oxygen atoms in total. The summed E-state index contributed by atoms with van der Waals surface area (Å²) in [5.74, 6) is 3.66. The zero-order valence-corrected chi connectivity index (χ0v) is 27.6. The summed E-state index contributed by atoms with van der Waals surface area (Å²) < 4.78 is 0. The summed E-state index contributed by atoms with van der Waals surface area (Å²) in [5.41, 5.74) is 13.7. The number of aryl methyl sites for hydroxylation is 2. The van der Waals surface area contributed by atoms with E-state index in [0.29, 0.717) is 0 Å². The lowest BCUT2D eigenvalue weighted by molar-refractivity contribution is 0.543. The molecule has 0 heterocycles. The highest BCUT2D eigenvalue weighted by Gasteiger charge is 2.20. The van der Waals surface area contributed by atoms with Gasteiger partial charge >= 0.3 is 0 Å². The third kappa shape index (κ3) is 9.50. The molecule has 1 unspecified atom stereocenters. The Morgan fingerprint density at radius 2 is 1.40 bits per heavy atom. The van der Waals surface area contributed by atoms with Gasteiger partial charge in [0.25, 0.3) is 0 Å². The molecule has 0 spiro atoms.